The van der Waals surface area contributed by atoms with Crippen LogP contribution in [-0.2, 0) is 9.53 Å². The minimum Gasteiger partial charge on any atom is -0.396 e. The fourth-order valence-corrected chi connectivity index (χ4v) is 15.2. The van der Waals surface area contributed by atoms with Gasteiger partial charge < -0.3 is 56.8 Å². The molecule has 346 valence electrons. The molecule has 0 amide bonds. The minimum atomic E-state index is -1.67. The van der Waals surface area contributed by atoms with Crippen LogP contribution < -0.4 is 16.4 Å². The Morgan fingerprint density at radius 1 is 1.05 bits per heavy atom. The van der Waals surface area contributed by atoms with Gasteiger partial charge in [-0.3, -0.25) is 4.79 Å². The van der Waals surface area contributed by atoms with Gasteiger partial charge in [0.05, 0.1) is 59.0 Å². The number of Topliss-reactive ketones (excluding diaryl/α,β-unsaturated/α-hetero) is 1. The van der Waals surface area contributed by atoms with Crippen molar-refractivity contribution in [2.24, 2.45) is 51.6 Å². The molecule has 9 rings (SSSR count). The lowest BCUT2D eigenvalue weighted by molar-refractivity contribution is -0.210. The van der Waals surface area contributed by atoms with Crippen LogP contribution in [0.3, 0.4) is 0 Å². The van der Waals surface area contributed by atoms with E-state index in [9.17, 15) is 35.7 Å². The second kappa shape index (κ2) is 17.5. The van der Waals surface area contributed by atoms with Crippen molar-refractivity contribution in [3.05, 3.63) is 34.7 Å². The van der Waals surface area contributed by atoms with Crippen molar-refractivity contribution in [2.75, 3.05) is 13.2 Å². The summed E-state index contributed by atoms with van der Waals surface area (Å²) in [4.78, 5) is 15.8. The van der Waals surface area contributed by atoms with E-state index >= 15 is 4.79 Å². The Morgan fingerprint density at radius 3 is 2.53 bits per heavy atom. The molecule has 1 unspecified atom stereocenters. The molecule has 9 aliphatic rings. The van der Waals surface area contributed by atoms with Gasteiger partial charge in [0, 0.05) is 37.1 Å². The molecule has 4 saturated carbocycles. The Hall–Kier alpha value is -2.31. The number of hydrogen-bond acceptors (Lipinski definition) is 12. The van der Waals surface area contributed by atoms with Crippen molar-refractivity contribution in [3.63, 3.8) is 0 Å². The molecule has 2 heterocycles. The van der Waals surface area contributed by atoms with E-state index in [0.717, 1.165) is 37.0 Å². The highest BCUT2D eigenvalue weighted by molar-refractivity contribution is 6.03. The summed E-state index contributed by atoms with van der Waals surface area (Å²) in [6, 6.07) is 0. The number of nitrogens with two attached hydrogens (primary N) is 1. The van der Waals surface area contributed by atoms with Crippen LogP contribution >= 0.6 is 0 Å². The van der Waals surface area contributed by atoms with Crippen molar-refractivity contribution in [1.82, 2.24) is 10.6 Å². The normalized spacial score (nSPS) is 44.4. The van der Waals surface area contributed by atoms with Crippen LogP contribution in [0.5, 0.6) is 0 Å². The molecule has 0 aromatic heterocycles. The van der Waals surface area contributed by atoms with E-state index in [1.54, 1.807) is 13.8 Å². The molecule has 7 aliphatic carbocycles. The van der Waals surface area contributed by atoms with Crippen LogP contribution in [0.2, 0.25) is 0 Å². The minimum absolute atomic E-state index is 0.00855. The molecule has 1 saturated heterocycles. The third-order valence-electron chi connectivity index (χ3n) is 18.3. The van der Waals surface area contributed by atoms with Crippen molar-refractivity contribution >= 4 is 5.78 Å². The quantitative estimate of drug-likeness (QED) is 0.112. The van der Waals surface area contributed by atoms with Crippen LogP contribution in [0.25, 0.3) is 0 Å². The number of fused-ring (bicyclic) bond motifs is 5. The van der Waals surface area contributed by atoms with E-state index in [4.69, 9.17) is 10.5 Å². The summed E-state index contributed by atoms with van der Waals surface area (Å²) in [6.07, 6.45) is 9.69. The molecular formula is C50H77N3O9. The molecule has 0 radical (unpaired) electrons. The molecule has 62 heavy (non-hydrogen) atoms. The van der Waals surface area contributed by atoms with Crippen molar-refractivity contribution < 1.29 is 45.3 Å². The molecule has 17 atom stereocenters. The first-order chi connectivity index (χ1) is 29.5. The maximum atomic E-state index is 15.8. The number of hydrogen-bond donors (Lipinski definition) is 10. The largest absolute Gasteiger partial charge is 0.396 e. The SMILES string of the molecule is CCC[C@@H]1CC[C@H]2[C@H](C)[C@H]([C@@H](O)[C@](C)(O)[C@H]3CC[C@@]4(O)C5=C(NC[C@H](C)O)C(=O)[C@@]67CC#CC[C@@]34CC[C@@H]5[C@@]6(CCC3=C(CCCO)NC(N)C=C3)C[C@H](O)[C@H](O)C7)O[C@@H]2CC1. The number of allylic oxidation sites excluding steroid dienone is 4. The lowest BCUT2D eigenvalue weighted by Gasteiger charge is -2.67. The predicted octanol–water partition coefficient (Wildman–Crippen LogP) is 3.99. The monoisotopic (exact) mass is 864 g/mol. The Morgan fingerprint density at radius 2 is 1.79 bits per heavy atom. The van der Waals surface area contributed by atoms with Gasteiger partial charge in [0.1, 0.15) is 6.10 Å². The molecule has 12 nitrogen and oxygen atoms in total. The summed E-state index contributed by atoms with van der Waals surface area (Å²) in [5.41, 5.74) is 2.60. The third-order valence-corrected chi connectivity index (χ3v) is 18.3. The third kappa shape index (κ3) is 7.27. The van der Waals surface area contributed by atoms with Crippen molar-refractivity contribution in [3.8, 4) is 11.8 Å². The van der Waals surface area contributed by atoms with Gasteiger partial charge in [-0.15, -0.1) is 11.8 Å². The van der Waals surface area contributed by atoms with Crippen LogP contribution in [-0.4, -0.2) is 109 Å². The number of rotatable bonds is 14. The fourth-order valence-electron chi connectivity index (χ4n) is 15.2. The van der Waals surface area contributed by atoms with Gasteiger partial charge in [-0.1, -0.05) is 39.2 Å². The summed E-state index contributed by atoms with van der Waals surface area (Å²) in [6.45, 7) is 7.87. The highest BCUT2D eigenvalue weighted by atomic mass is 16.5. The number of nitrogens with one attached hydrogen (secondary N) is 2. The van der Waals surface area contributed by atoms with Gasteiger partial charge in [-0.25, -0.2) is 0 Å². The van der Waals surface area contributed by atoms with Gasteiger partial charge in [0.15, 0.2) is 5.78 Å². The Kier molecular flexibility index (Phi) is 13.0. The highest BCUT2D eigenvalue weighted by Gasteiger charge is 2.75. The average Bonchev–Trinajstić information content (AvgIpc) is 3.64. The molecule has 5 fully saturated rings. The van der Waals surface area contributed by atoms with E-state index in [2.05, 4.69) is 36.3 Å². The van der Waals surface area contributed by atoms with Crippen molar-refractivity contribution in [2.45, 2.75) is 197 Å². The molecule has 2 aliphatic heterocycles. The highest BCUT2D eigenvalue weighted by Crippen LogP contribution is 2.74. The van der Waals surface area contributed by atoms with Crippen LogP contribution in [0.4, 0.5) is 0 Å². The summed E-state index contributed by atoms with van der Waals surface area (Å²) < 4.78 is 6.78. The maximum absolute atomic E-state index is 15.8. The van der Waals surface area contributed by atoms with E-state index in [1.807, 2.05) is 12.2 Å². The fraction of sp³-hybridized carbons (Fsp3) is 0.820. The van der Waals surface area contributed by atoms with Gasteiger partial charge in [-0.05, 0) is 150 Å². The molecule has 11 N–H and O–H groups in total. The number of carbonyl (C=O) groups excluding carboxylic acids is 1. The van der Waals surface area contributed by atoms with Crippen LogP contribution in [0, 0.1) is 57.7 Å². The van der Waals surface area contributed by atoms with Gasteiger partial charge in [0.2, 0.25) is 0 Å². The van der Waals surface area contributed by atoms with E-state index in [0.29, 0.717) is 62.4 Å². The Labute approximate surface area is 369 Å². The number of ether oxygens (including phenoxy) is 1. The number of aliphatic hydroxyl groups is 7. The number of ketones is 1. The van der Waals surface area contributed by atoms with Gasteiger partial charge in [-0.2, -0.15) is 0 Å². The lowest BCUT2D eigenvalue weighted by atomic mass is 9.37. The summed E-state index contributed by atoms with van der Waals surface area (Å²) in [5, 5.41) is 89.7. The molecule has 0 aromatic rings. The lowest BCUT2D eigenvalue weighted by Crippen LogP contribution is -2.69. The van der Waals surface area contributed by atoms with Gasteiger partial charge in [0.25, 0.3) is 0 Å². The standard InChI is InChI=1S/C50H77N3O9/c1-5-9-31-11-14-33-30(3)43(62-38(33)15-12-31)45(59)46(4,60)39-19-24-50(61)41-34-18-23-47(39,50)20-6-7-21-49(44(58)42(41)52-28-29(2)55)27-37(57)36(56)26-48(34,49)22-17-32-13-16-40(51)53-35(32)10-8-25-54/h13,16,29-31,33-34,36-40,43,45,52-57,59-61H,5,8-12,14-15,17-28,51H2,1-4H3/t29-,30-,31+,33-,34-,36-,37+,38+,39+,40?,43+,45+,46+,47+,48+,49-,50+/m0/s1. The smallest absolute Gasteiger partial charge is 0.186 e. The summed E-state index contributed by atoms with van der Waals surface area (Å²) in [5.74, 6) is 6.67. The number of aliphatic hydroxyl groups excluding tert-OH is 5. The molecule has 4 bridgehead atoms. The van der Waals surface area contributed by atoms with Gasteiger partial charge >= 0.3 is 0 Å². The predicted molar refractivity (Wildman–Crippen MR) is 235 cm³/mol. The zero-order valence-corrected chi connectivity index (χ0v) is 37.7. The number of dihydropyridines is 1. The van der Waals surface area contributed by atoms with E-state index in [1.165, 1.54) is 12.8 Å². The zero-order chi connectivity index (χ0) is 44.4. The second-order valence-electron chi connectivity index (χ2n) is 21.5. The first-order valence-electron chi connectivity index (χ1n) is 24.3. The topological polar surface area (TPSA) is 218 Å². The first-order valence-corrected chi connectivity index (χ1v) is 24.3. The van der Waals surface area contributed by atoms with Crippen LogP contribution in [0.1, 0.15) is 143 Å². The zero-order valence-electron chi connectivity index (χ0n) is 37.7. The second-order valence-corrected chi connectivity index (χ2v) is 21.5. The Balaban J connectivity index is 1.21. The van der Waals surface area contributed by atoms with E-state index < -0.39 is 69.8 Å². The molecule has 0 aromatic carbocycles. The van der Waals surface area contributed by atoms with Crippen molar-refractivity contribution in [1.29, 1.82) is 0 Å². The summed E-state index contributed by atoms with van der Waals surface area (Å²) >= 11 is 0. The first kappa shape index (κ1) is 46.2. The van der Waals surface area contributed by atoms with Crippen LogP contribution in [0.15, 0.2) is 34.7 Å². The average molecular weight is 864 g/mol. The number of carbonyl (C=O) groups is 1. The Bertz CT molecular complexity index is 1850. The molecule has 2 spiro atoms. The maximum Gasteiger partial charge on any atom is 0.186 e. The molecule has 12 heteroatoms. The summed E-state index contributed by atoms with van der Waals surface area (Å²) in [7, 11) is 0. The molecular weight excluding hydrogens is 787 g/mol. The van der Waals surface area contributed by atoms with E-state index in [-0.39, 0.29) is 74.9 Å².